The Balaban J connectivity index is 2.18. The van der Waals surface area contributed by atoms with Crippen molar-refractivity contribution in [3.05, 3.63) is 35.7 Å². The summed E-state index contributed by atoms with van der Waals surface area (Å²) >= 11 is 0. The van der Waals surface area contributed by atoms with E-state index in [-0.39, 0.29) is 0 Å². The fourth-order valence-electron chi connectivity index (χ4n) is 1.67. The van der Waals surface area contributed by atoms with Gasteiger partial charge in [0, 0.05) is 11.4 Å². The average Bonchev–Trinajstić information content (AvgIpc) is 2.75. The third kappa shape index (κ3) is 2.48. The molecule has 0 aliphatic rings. The highest BCUT2D eigenvalue weighted by molar-refractivity contribution is 5.54. The molecule has 2 aromatic rings. The largest absolute Gasteiger partial charge is 0.282 e. The summed E-state index contributed by atoms with van der Waals surface area (Å²) in [5, 5.41) is 7.36. The summed E-state index contributed by atoms with van der Waals surface area (Å²) < 4.78 is 0. The summed E-state index contributed by atoms with van der Waals surface area (Å²) in [6.45, 7) is 4.19. The maximum absolute atomic E-state index is 4.45. The zero-order valence-corrected chi connectivity index (χ0v) is 9.83. The maximum atomic E-state index is 4.45. The lowest BCUT2D eigenvalue weighted by molar-refractivity contribution is 0.772. The number of hydrogen-bond acceptors (Lipinski definition) is 2. The zero-order chi connectivity index (χ0) is 11.4. The number of H-pyrrole nitrogens is 1. The number of aromatic nitrogens is 3. The van der Waals surface area contributed by atoms with Crippen molar-refractivity contribution in [2.24, 2.45) is 0 Å². The van der Waals surface area contributed by atoms with Crippen LogP contribution in [0.5, 0.6) is 0 Å². The zero-order valence-electron chi connectivity index (χ0n) is 9.83. The minimum absolute atomic E-state index is 0.940. The van der Waals surface area contributed by atoms with E-state index in [0.717, 1.165) is 23.5 Å². The van der Waals surface area contributed by atoms with Crippen LogP contribution in [-0.4, -0.2) is 15.2 Å². The molecule has 3 nitrogen and oxygen atoms in total. The lowest BCUT2D eigenvalue weighted by atomic mass is 10.2. The molecule has 0 bridgehead atoms. The molecule has 1 N–H and O–H groups in total. The lowest BCUT2D eigenvalue weighted by Crippen LogP contribution is -1.85. The third-order valence-electron chi connectivity index (χ3n) is 2.58. The molecule has 0 fully saturated rings. The van der Waals surface area contributed by atoms with Gasteiger partial charge < -0.3 is 0 Å². The van der Waals surface area contributed by atoms with Gasteiger partial charge in [0.1, 0.15) is 5.69 Å². The summed E-state index contributed by atoms with van der Waals surface area (Å²) in [4.78, 5) is 4.45. The molecule has 84 valence electrons. The molecule has 0 radical (unpaired) electrons. The minimum atomic E-state index is 0.940. The van der Waals surface area contributed by atoms with Crippen molar-refractivity contribution in [1.82, 2.24) is 15.2 Å². The van der Waals surface area contributed by atoms with E-state index in [1.165, 1.54) is 18.5 Å². The van der Waals surface area contributed by atoms with Gasteiger partial charge in [0.15, 0.2) is 0 Å². The molecular weight excluding hydrogens is 198 g/mol. The SMILES string of the molecule is CCCCc1cc(-c2cccc(C)n2)n[nH]1. The van der Waals surface area contributed by atoms with Gasteiger partial charge in [-0.3, -0.25) is 10.1 Å². The van der Waals surface area contributed by atoms with E-state index >= 15 is 0 Å². The molecule has 2 rings (SSSR count). The first-order valence-electron chi connectivity index (χ1n) is 5.78. The van der Waals surface area contributed by atoms with E-state index in [1.54, 1.807) is 0 Å². The van der Waals surface area contributed by atoms with Gasteiger partial charge in [-0.2, -0.15) is 5.10 Å². The number of nitrogens with zero attached hydrogens (tertiary/aromatic N) is 2. The standard InChI is InChI=1S/C13H17N3/c1-3-4-7-11-9-13(16-15-11)12-8-5-6-10(2)14-12/h5-6,8-9H,3-4,7H2,1-2H3,(H,15,16). The van der Waals surface area contributed by atoms with E-state index in [4.69, 9.17) is 0 Å². The van der Waals surface area contributed by atoms with Gasteiger partial charge in [0.2, 0.25) is 0 Å². The lowest BCUT2D eigenvalue weighted by Gasteiger charge is -1.96. The summed E-state index contributed by atoms with van der Waals surface area (Å²) in [7, 11) is 0. The second kappa shape index (κ2) is 4.92. The van der Waals surface area contributed by atoms with Crippen molar-refractivity contribution >= 4 is 0 Å². The molecule has 0 atom stereocenters. The van der Waals surface area contributed by atoms with Crippen LogP contribution >= 0.6 is 0 Å². The smallest absolute Gasteiger partial charge is 0.111 e. The number of rotatable bonds is 4. The Morgan fingerprint density at radius 1 is 1.25 bits per heavy atom. The average molecular weight is 215 g/mol. The van der Waals surface area contributed by atoms with Crippen LogP contribution in [0.25, 0.3) is 11.4 Å². The Bertz CT molecular complexity index is 460. The third-order valence-corrected chi connectivity index (χ3v) is 2.58. The monoisotopic (exact) mass is 215 g/mol. The molecule has 0 unspecified atom stereocenters. The van der Waals surface area contributed by atoms with Crippen LogP contribution in [0, 0.1) is 6.92 Å². The quantitative estimate of drug-likeness (QED) is 0.851. The first-order valence-corrected chi connectivity index (χ1v) is 5.78. The molecular formula is C13H17N3. The highest BCUT2D eigenvalue weighted by Crippen LogP contribution is 2.16. The number of nitrogens with one attached hydrogen (secondary N) is 1. The molecule has 0 aliphatic heterocycles. The fraction of sp³-hybridized carbons (Fsp3) is 0.385. The second-order valence-electron chi connectivity index (χ2n) is 4.05. The van der Waals surface area contributed by atoms with Crippen LogP contribution in [0.3, 0.4) is 0 Å². The molecule has 0 aromatic carbocycles. The summed E-state index contributed by atoms with van der Waals surface area (Å²) in [5.74, 6) is 0. The first kappa shape index (κ1) is 10.9. The van der Waals surface area contributed by atoms with Gasteiger partial charge in [-0.1, -0.05) is 19.4 Å². The molecule has 16 heavy (non-hydrogen) atoms. The van der Waals surface area contributed by atoms with E-state index in [2.05, 4.69) is 28.2 Å². The van der Waals surface area contributed by atoms with Crippen LogP contribution < -0.4 is 0 Å². The Hall–Kier alpha value is -1.64. The van der Waals surface area contributed by atoms with Crippen LogP contribution in [0.15, 0.2) is 24.3 Å². The van der Waals surface area contributed by atoms with Gasteiger partial charge in [-0.25, -0.2) is 0 Å². The van der Waals surface area contributed by atoms with Gasteiger partial charge in [0.05, 0.1) is 5.69 Å². The number of pyridine rings is 1. The topological polar surface area (TPSA) is 41.6 Å². The van der Waals surface area contributed by atoms with Gasteiger partial charge in [-0.15, -0.1) is 0 Å². The van der Waals surface area contributed by atoms with Crippen molar-refractivity contribution in [1.29, 1.82) is 0 Å². The van der Waals surface area contributed by atoms with Crippen molar-refractivity contribution in [2.75, 3.05) is 0 Å². The Morgan fingerprint density at radius 2 is 2.12 bits per heavy atom. The van der Waals surface area contributed by atoms with E-state index in [0.29, 0.717) is 0 Å². The molecule has 2 heterocycles. The molecule has 0 spiro atoms. The van der Waals surface area contributed by atoms with E-state index < -0.39 is 0 Å². The molecule has 0 saturated carbocycles. The Morgan fingerprint density at radius 3 is 2.88 bits per heavy atom. The Labute approximate surface area is 95.9 Å². The van der Waals surface area contributed by atoms with Crippen molar-refractivity contribution < 1.29 is 0 Å². The van der Waals surface area contributed by atoms with E-state index in [1.807, 2.05) is 25.1 Å². The molecule has 2 aromatic heterocycles. The highest BCUT2D eigenvalue weighted by Gasteiger charge is 2.04. The van der Waals surface area contributed by atoms with Gasteiger partial charge in [0.25, 0.3) is 0 Å². The molecule has 0 saturated heterocycles. The number of aromatic amines is 1. The van der Waals surface area contributed by atoms with Gasteiger partial charge >= 0.3 is 0 Å². The Kier molecular flexibility index (Phi) is 3.34. The molecule has 0 aliphatic carbocycles. The first-order chi connectivity index (χ1) is 7.79. The maximum Gasteiger partial charge on any atom is 0.111 e. The number of unbranched alkanes of at least 4 members (excludes halogenated alkanes) is 1. The summed E-state index contributed by atoms with van der Waals surface area (Å²) in [6, 6.07) is 8.09. The van der Waals surface area contributed by atoms with Crippen LogP contribution in [-0.2, 0) is 6.42 Å². The second-order valence-corrected chi connectivity index (χ2v) is 4.05. The van der Waals surface area contributed by atoms with Crippen LogP contribution in [0.4, 0.5) is 0 Å². The van der Waals surface area contributed by atoms with Crippen molar-refractivity contribution in [3.8, 4) is 11.4 Å². The predicted molar refractivity (Wildman–Crippen MR) is 65.2 cm³/mol. The number of hydrogen-bond donors (Lipinski definition) is 1. The van der Waals surface area contributed by atoms with Gasteiger partial charge in [-0.05, 0) is 38.0 Å². The number of aryl methyl sites for hydroxylation is 2. The van der Waals surface area contributed by atoms with Crippen LogP contribution in [0.1, 0.15) is 31.2 Å². The molecule has 0 amide bonds. The highest BCUT2D eigenvalue weighted by atomic mass is 15.1. The minimum Gasteiger partial charge on any atom is -0.282 e. The summed E-state index contributed by atoms with van der Waals surface area (Å²) in [5.41, 5.74) is 4.10. The van der Waals surface area contributed by atoms with E-state index in [9.17, 15) is 0 Å². The predicted octanol–water partition coefficient (Wildman–Crippen LogP) is 3.12. The van der Waals surface area contributed by atoms with Crippen molar-refractivity contribution in [2.45, 2.75) is 33.1 Å². The fourth-order valence-corrected chi connectivity index (χ4v) is 1.67. The van der Waals surface area contributed by atoms with Crippen LogP contribution in [0.2, 0.25) is 0 Å². The van der Waals surface area contributed by atoms with Crippen molar-refractivity contribution in [3.63, 3.8) is 0 Å². The molecule has 3 heteroatoms. The normalized spacial score (nSPS) is 10.6. The summed E-state index contributed by atoms with van der Waals surface area (Å²) in [6.07, 6.45) is 3.47.